The molecule has 7 nitrogen and oxygen atoms in total. The summed E-state index contributed by atoms with van der Waals surface area (Å²) in [6.07, 6.45) is 3.58. The predicted molar refractivity (Wildman–Crippen MR) is 102 cm³/mol. The van der Waals surface area contributed by atoms with Crippen LogP contribution in [0.25, 0.3) is 11.3 Å². The monoisotopic (exact) mass is 363 g/mol. The molecule has 3 heterocycles. The van der Waals surface area contributed by atoms with E-state index in [4.69, 9.17) is 5.73 Å². The first-order valence-electron chi connectivity index (χ1n) is 8.70. The first-order chi connectivity index (χ1) is 11.9. The van der Waals surface area contributed by atoms with Gasteiger partial charge in [0.25, 0.3) is 5.56 Å². The highest BCUT2D eigenvalue weighted by Gasteiger charge is 2.21. The molecule has 0 unspecified atom stereocenters. The molecule has 0 radical (unpaired) electrons. The first kappa shape index (κ1) is 17.7. The van der Waals surface area contributed by atoms with Crippen LogP contribution in [0.15, 0.2) is 15.0 Å². The average Bonchev–Trinajstić information content (AvgIpc) is 3.07. The summed E-state index contributed by atoms with van der Waals surface area (Å²) in [6.45, 7) is 6.47. The predicted octanol–water partition coefficient (Wildman–Crippen LogP) is 1.90. The maximum Gasteiger partial charge on any atom is 0.332 e. The normalized spacial score (nSPS) is 15.1. The Morgan fingerprint density at radius 2 is 1.92 bits per heavy atom. The SMILES string of the molecule is CC(C)Cn1c(N)c(-c2csc(N3CCCCC3)n2)c(=O)n(C)c1=O. The second-order valence-corrected chi connectivity index (χ2v) is 7.81. The highest BCUT2D eigenvalue weighted by Crippen LogP contribution is 2.29. The lowest BCUT2D eigenvalue weighted by Gasteiger charge is -2.25. The van der Waals surface area contributed by atoms with E-state index in [9.17, 15) is 9.59 Å². The number of piperidine rings is 1. The van der Waals surface area contributed by atoms with Crippen molar-refractivity contribution in [3.8, 4) is 11.3 Å². The molecule has 0 bridgehead atoms. The topological polar surface area (TPSA) is 86.2 Å². The molecule has 0 aliphatic carbocycles. The molecular weight excluding hydrogens is 338 g/mol. The Labute approximate surface area is 150 Å². The Morgan fingerprint density at radius 3 is 2.56 bits per heavy atom. The fraction of sp³-hybridized carbons (Fsp3) is 0.588. The van der Waals surface area contributed by atoms with E-state index in [1.807, 2.05) is 19.2 Å². The van der Waals surface area contributed by atoms with Crippen LogP contribution in [-0.4, -0.2) is 27.2 Å². The molecule has 1 aliphatic heterocycles. The summed E-state index contributed by atoms with van der Waals surface area (Å²) < 4.78 is 2.59. The zero-order valence-corrected chi connectivity index (χ0v) is 15.8. The number of nitrogen functional groups attached to an aromatic ring is 1. The van der Waals surface area contributed by atoms with Gasteiger partial charge >= 0.3 is 5.69 Å². The number of thiazole rings is 1. The molecule has 1 saturated heterocycles. The molecule has 8 heteroatoms. The van der Waals surface area contributed by atoms with E-state index < -0.39 is 5.56 Å². The molecule has 2 N–H and O–H groups in total. The van der Waals surface area contributed by atoms with Crippen molar-refractivity contribution in [2.75, 3.05) is 23.7 Å². The van der Waals surface area contributed by atoms with Gasteiger partial charge in [0.05, 0.1) is 5.69 Å². The van der Waals surface area contributed by atoms with Crippen LogP contribution in [0, 0.1) is 5.92 Å². The van der Waals surface area contributed by atoms with E-state index in [0.29, 0.717) is 17.8 Å². The molecule has 0 atom stereocenters. The summed E-state index contributed by atoms with van der Waals surface area (Å²) in [7, 11) is 1.49. The van der Waals surface area contributed by atoms with Crippen molar-refractivity contribution in [3.05, 3.63) is 26.2 Å². The number of rotatable bonds is 4. The van der Waals surface area contributed by atoms with Crippen LogP contribution in [-0.2, 0) is 13.6 Å². The van der Waals surface area contributed by atoms with Crippen molar-refractivity contribution in [2.45, 2.75) is 39.7 Å². The van der Waals surface area contributed by atoms with Gasteiger partial charge in [-0.2, -0.15) is 0 Å². The van der Waals surface area contributed by atoms with Gasteiger partial charge in [0.2, 0.25) is 0 Å². The minimum atomic E-state index is -0.391. The number of nitrogens with zero attached hydrogens (tertiary/aromatic N) is 4. The fourth-order valence-corrected chi connectivity index (χ4v) is 4.05. The lowest BCUT2D eigenvalue weighted by molar-refractivity contribution is 0.494. The standard InChI is InChI=1S/C17H25N5O2S/c1-11(2)9-22-14(18)13(15(23)20(3)17(22)24)12-10-25-16(19-12)21-7-5-4-6-8-21/h10-11H,4-9,18H2,1-3H3. The minimum Gasteiger partial charge on any atom is -0.384 e. The summed E-state index contributed by atoms with van der Waals surface area (Å²) in [4.78, 5) is 32.0. The molecule has 3 rings (SSSR count). The van der Waals surface area contributed by atoms with Gasteiger partial charge in [-0.3, -0.25) is 13.9 Å². The molecule has 136 valence electrons. The van der Waals surface area contributed by atoms with E-state index in [1.54, 1.807) is 0 Å². The van der Waals surface area contributed by atoms with Crippen LogP contribution in [0.5, 0.6) is 0 Å². The second kappa shape index (κ2) is 7.03. The van der Waals surface area contributed by atoms with E-state index >= 15 is 0 Å². The third kappa shape index (κ3) is 3.35. The quantitative estimate of drug-likeness (QED) is 0.897. The van der Waals surface area contributed by atoms with Gasteiger partial charge in [-0.25, -0.2) is 9.78 Å². The van der Waals surface area contributed by atoms with Gasteiger partial charge < -0.3 is 10.6 Å². The van der Waals surface area contributed by atoms with Crippen LogP contribution < -0.4 is 21.9 Å². The lowest BCUT2D eigenvalue weighted by Crippen LogP contribution is -2.41. The van der Waals surface area contributed by atoms with Crippen molar-refractivity contribution in [3.63, 3.8) is 0 Å². The molecule has 0 aromatic carbocycles. The van der Waals surface area contributed by atoms with Gasteiger partial charge in [-0.05, 0) is 25.2 Å². The Hall–Kier alpha value is -2.09. The van der Waals surface area contributed by atoms with Gasteiger partial charge in [-0.1, -0.05) is 13.8 Å². The third-order valence-corrected chi connectivity index (χ3v) is 5.41. The van der Waals surface area contributed by atoms with E-state index in [0.717, 1.165) is 35.6 Å². The maximum atomic E-state index is 12.7. The van der Waals surface area contributed by atoms with E-state index in [-0.39, 0.29) is 17.4 Å². The molecule has 0 amide bonds. The second-order valence-electron chi connectivity index (χ2n) is 6.97. The number of anilines is 2. The molecule has 1 fully saturated rings. The summed E-state index contributed by atoms with van der Waals surface area (Å²) in [6, 6.07) is 0. The molecule has 2 aromatic heterocycles. The van der Waals surface area contributed by atoms with Crippen LogP contribution >= 0.6 is 11.3 Å². The Morgan fingerprint density at radius 1 is 1.24 bits per heavy atom. The summed E-state index contributed by atoms with van der Waals surface area (Å²) in [5, 5.41) is 2.78. The Kier molecular flexibility index (Phi) is 4.99. The smallest absolute Gasteiger partial charge is 0.332 e. The number of aromatic nitrogens is 3. The number of nitrogens with two attached hydrogens (primary N) is 1. The van der Waals surface area contributed by atoms with Gasteiger partial charge in [-0.15, -0.1) is 11.3 Å². The maximum absolute atomic E-state index is 12.7. The van der Waals surface area contributed by atoms with Gasteiger partial charge in [0, 0.05) is 32.1 Å². The van der Waals surface area contributed by atoms with Crippen LogP contribution in [0.4, 0.5) is 10.9 Å². The molecule has 0 saturated carbocycles. The van der Waals surface area contributed by atoms with E-state index in [2.05, 4.69) is 9.88 Å². The number of hydrogen-bond acceptors (Lipinski definition) is 6. The van der Waals surface area contributed by atoms with Gasteiger partial charge in [0.1, 0.15) is 11.4 Å². The van der Waals surface area contributed by atoms with Crippen molar-refractivity contribution >= 4 is 22.3 Å². The summed E-state index contributed by atoms with van der Waals surface area (Å²) >= 11 is 1.52. The Balaban J connectivity index is 2.08. The van der Waals surface area contributed by atoms with Crippen LogP contribution in [0.3, 0.4) is 0 Å². The van der Waals surface area contributed by atoms with Crippen molar-refractivity contribution < 1.29 is 0 Å². The zero-order chi connectivity index (χ0) is 18.1. The molecule has 0 spiro atoms. The largest absolute Gasteiger partial charge is 0.384 e. The molecule has 1 aliphatic rings. The summed E-state index contributed by atoms with van der Waals surface area (Å²) in [5.74, 6) is 0.446. The first-order valence-corrected chi connectivity index (χ1v) is 9.58. The highest BCUT2D eigenvalue weighted by atomic mass is 32.1. The van der Waals surface area contributed by atoms with Crippen LogP contribution in [0.1, 0.15) is 33.1 Å². The lowest BCUT2D eigenvalue weighted by atomic mass is 10.1. The molecular formula is C17H25N5O2S. The van der Waals surface area contributed by atoms with Crippen molar-refractivity contribution in [1.82, 2.24) is 14.1 Å². The van der Waals surface area contributed by atoms with E-state index in [1.165, 1.54) is 29.4 Å². The summed E-state index contributed by atoms with van der Waals surface area (Å²) in [5.41, 5.74) is 6.33. The highest BCUT2D eigenvalue weighted by molar-refractivity contribution is 7.14. The Bertz CT molecular complexity index is 874. The van der Waals surface area contributed by atoms with Crippen molar-refractivity contribution in [2.24, 2.45) is 13.0 Å². The fourth-order valence-electron chi connectivity index (χ4n) is 3.18. The zero-order valence-electron chi connectivity index (χ0n) is 15.0. The molecule has 25 heavy (non-hydrogen) atoms. The van der Waals surface area contributed by atoms with Crippen LogP contribution in [0.2, 0.25) is 0 Å². The third-order valence-electron chi connectivity index (χ3n) is 4.51. The average molecular weight is 363 g/mol. The van der Waals surface area contributed by atoms with Gasteiger partial charge in [0.15, 0.2) is 5.13 Å². The number of hydrogen-bond donors (Lipinski definition) is 1. The van der Waals surface area contributed by atoms with Crippen molar-refractivity contribution in [1.29, 1.82) is 0 Å². The molecule has 2 aromatic rings. The minimum absolute atomic E-state index is 0.206.